The number of hydrogen-bond acceptors (Lipinski definition) is 3. The summed E-state index contributed by atoms with van der Waals surface area (Å²) in [6, 6.07) is 4.34. The van der Waals surface area contributed by atoms with Crippen LogP contribution in [0.15, 0.2) is 22.8 Å². The van der Waals surface area contributed by atoms with Crippen molar-refractivity contribution in [3.8, 4) is 0 Å². The Bertz CT molecular complexity index is 356. The molecule has 3 nitrogen and oxygen atoms in total. The molecule has 0 bridgehead atoms. The van der Waals surface area contributed by atoms with E-state index in [1.165, 1.54) is 0 Å². The minimum Gasteiger partial charge on any atom is -0.355 e. The third-order valence-corrected chi connectivity index (χ3v) is 3.97. The second kappa shape index (κ2) is 5.15. The summed E-state index contributed by atoms with van der Waals surface area (Å²) >= 11 is 3.55. The maximum absolute atomic E-state index is 6.11. The minimum absolute atomic E-state index is 0.351. The van der Waals surface area contributed by atoms with Gasteiger partial charge in [-0.3, -0.25) is 0 Å². The highest BCUT2D eigenvalue weighted by Gasteiger charge is 2.26. The third kappa shape index (κ3) is 2.38. The van der Waals surface area contributed by atoms with E-state index in [9.17, 15) is 0 Å². The van der Waals surface area contributed by atoms with Gasteiger partial charge in [-0.1, -0.05) is 13.3 Å². The number of pyridine rings is 1. The molecule has 1 fully saturated rings. The van der Waals surface area contributed by atoms with Crippen LogP contribution in [0.5, 0.6) is 0 Å². The van der Waals surface area contributed by atoms with Crippen molar-refractivity contribution in [2.45, 2.75) is 25.8 Å². The highest BCUT2D eigenvalue weighted by atomic mass is 79.9. The van der Waals surface area contributed by atoms with Gasteiger partial charge in [0.25, 0.3) is 0 Å². The summed E-state index contributed by atoms with van der Waals surface area (Å²) in [6.45, 7) is 4.24. The SMILES string of the molecule is CCC1CN(c2ncccc2Br)CCC1N. The van der Waals surface area contributed by atoms with Crippen molar-refractivity contribution >= 4 is 21.7 Å². The van der Waals surface area contributed by atoms with E-state index in [1.54, 1.807) is 0 Å². The lowest BCUT2D eigenvalue weighted by atomic mass is 9.91. The van der Waals surface area contributed by atoms with E-state index in [4.69, 9.17) is 5.73 Å². The van der Waals surface area contributed by atoms with Gasteiger partial charge < -0.3 is 10.6 Å². The van der Waals surface area contributed by atoms with Crippen LogP contribution < -0.4 is 10.6 Å². The Morgan fingerprint density at radius 2 is 2.44 bits per heavy atom. The van der Waals surface area contributed by atoms with Gasteiger partial charge in [-0.05, 0) is 40.4 Å². The van der Waals surface area contributed by atoms with Crippen LogP contribution in [0.4, 0.5) is 5.82 Å². The fourth-order valence-corrected chi connectivity index (χ4v) is 2.79. The molecule has 4 heteroatoms. The number of nitrogens with two attached hydrogens (primary N) is 1. The third-order valence-electron chi connectivity index (χ3n) is 3.36. The quantitative estimate of drug-likeness (QED) is 0.906. The molecular weight excluding hydrogens is 266 g/mol. The van der Waals surface area contributed by atoms with Crippen LogP contribution in [0.2, 0.25) is 0 Å². The molecule has 0 aliphatic carbocycles. The lowest BCUT2D eigenvalue weighted by Gasteiger charge is -2.37. The summed E-state index contributed by atoms with van der Waals surface area (Å²) in [5, 5.41) is 0. The lowest BCUT2D eigenvalue weighted by molar-refractivity contribution is 0.346. The Morgan fingerprint density at radius 3 is 3.12 bits per heavy atom. The number of anilines is 1. The Kier molecular flexibility index (Phi) is 3.82. The number of rotatable bonds is 2. The molecule has 1 aliphatic heterocycles. The first-order valence-electron chi connectivity index (χ1n) is 5.83. The highest BCUT2D eigenvalue weighted by molar-refractivity contribution is 9.10. The minimum atomic E-state index is 0.351. The van der Waals surface area contributed by atoms with E-state index in [0.29, 0.717) is 12.0 Å². The number of piperidine rings is 1. The maximum atomic E-state index is 6.11. The van der Waals surface area contributed by atoms with Gasteiger partial charge in [0.2, 0.25) is 0 Å². The topological polar surface area (TPSA) is 42.2 Å². The van der Waals surface area contributed by atoms with E-state index in [1.807, 2.05) is 18.3 Å². The smallest absolute Gasteiger partial charge is 0.142 e. The number of hydrogen-bond donors (Lipinski definition) is 1. The van der Waals surface area contributed by atoms with Crippen LogP contribution in [-0.4, -0.2) is 24.1 Å². The Labute approximate surface area is 105 Å². The van der Waals surface area contributed by atoms with Crippen molar-refractivity contribution in [2.75, 3.05) is 18.0 Å². The van der Waals surface area contributed by atoms with E-state index in [-0.39, 0.29) is 0 Å². The molecule has 2 N–H and O–H groups in total. The zero-order valence-corrected chi connectivity index (χ0v) is 11.2. The second-order valence-electron chi connectivity index (χ2n) is 4.38. The molecule has 0 spiro atoms. The van der Waals surface area contributed by atoms with Gasteiger partial charge in [-0.15, -0.1) is 0 Å². The summed E-state index contributed by atoms with van der Waals surface area (Å²) in [7, 11) is 0. The standard InChI is InChI=1S/C12H18BrN3/c1-2-9-8-16(7-5-11(9)14)12-10(13)4-3-6-15-12/h3-4,6,9,11H,2,5,7-8,14H2,1H3. The van der Waals surface area contributed by atoms with E-state index in [0.717, 1.165) is 36.2 Å². The summed E-state index contributed by atoms with van der Waals surface area (Å²) < 4.78 is 1.07. The molecule has 2 rings (SSSR count). The van der Waals surface area contributed by atoms with Crippen LogP contribution in [0.3, 0.4) is 0 Å². The summed E-state index contributed by atoms with van der Waals surface area (Å²) in [5.41, 5.74) is 6.11. The first-order valence-corrected chi connectivity index (χ1v) is 6.62. The van der Waals surface area contributed by atoms with Gasteiger partial charge in [0.1, 0.15) is 5.82 Å². The largest absolute Gasteiger partial charge is 0.355 e. The summed E-state index contributed by atoms with van der Waals surface area (Å²) in [5.74, 6) is 1.63. The maximum Gasteiger partial charge on any atom is 0.142 e. The van der Waals surface area contributed by atoms with Crippen molar-refractivity contribution in [1.82, 2.24) is 4.98 Å². The average molecular weight is 284 g/mol. The van der Waals surface area contributed by atoms with Crippen LogP contribution in [-0.2, 0) is 0 Å². The van der Waals surface area contributed by atoms with Crippen LogP contribution in [0.1, 0.15) is 19.8 Å². The second-order valence-corrected chi connectivity index (χ2v) is 5.23. The van der Waals surface area contributed by atoms with Gasteiger partial charge in [0.15, 0.2) is 0 Å². The van der Waals surface area contributed by atoms with E-state index >= 15 is 0 Å². The fraction of sp³-hybridized carbons (Fsp3) is 0.583. The van der Waals surface area contributed by atoms with Gasteiger partial charge >= 0.3 is 0 Å². The summed E-state index contributed by atoms with van der Waals surface area (Å²) in [4.78, 5) is 6.77. The molecule has 2 unspecified atom stereocenters. The molecule has 0 amide bonds. The van der Waals surface area contributed by atoms with Crippen molar-refractivity contribution in [3.63, 3.8) is 0 Å². The molecule has 1 aliphatic rings. The van der Waals surface area contributed by atoms with Gasteiger partial charge in [-0.2, -0.15) is 0 Å². The highest BCUT2D eigenvalue weighted by Crippen LogP contribution is 2.28. The molecular formula is C12H18BrN3. The Hall–Kier alpha value is -0.610. The molecule has 2 heterocycles. The van der Waals surface area contributed by atoms with Gasteiger partial charge in [-0.25, -0.2) is 4.98 Å². The molecule has 16 heavy (non-hydrogen) atoms. The molecule has 0 saturated carbocycles. The van der Waals surface area contributed by atoms with Gasteiger partial charge in [0.05, 0.1) is 4.47 Å². The number of halogens is 1. The molecule has 0 aromatic carbocycles. The Balaban J connectivity index is 2.14. The predicted molar refractivity (Wildman–Crippen MR) is 70.5 cm³/mol. The molecule has 1 aromatic rings. The molecule has 0 radical (unpaired) electrons. The molecule has 1 aromatic heterocycles. The van der Waals surface area contributed by atoms with Crippen LogP contribution in [0, 0.1) is 5.92 Å². The van der Waals surface area contributed by atoms with Crippen LogP contribution in [0.25, 0.3) is 0 Å². The predicted octanol–water partition coefficient (Wildman–Crippen LogP) is 2.41. The van der Waals surface area contributed by atoms with Crippen molar-refractivity contribution < 1.29 is 0 Å². The lowest BCUT2D eigenvalue weighted by Crippen LogP contribution is -2.47. The molecule has 88 valence electrons. The zero-order chi connectivity index (χ0) is 11.5. The fourth-order valence-electron chi connectivity index (χ4n) is 2.28. The molecule has 2 atom stereocenters. The normalized spacial score (nSPS) is 25.8. The number of aromatic nitrogens is 1. The Morgan fingerprint density at radius 1 is 1.62 bits per heavy atom. The van der Waals surface area contributed by atoms with Crippen molar-refractivity contribution in [3.05, 3.63) is 22.8 Å². The van der Waals surface area contributed by atoms with Crippen LogP contribution >= 0.6 is 15.9 Å². The first-order chi connectivity index (χ1) is 7.72. The van der Waals surface area contributed by atoms with E-state index < -0.39 is 0 Å². The molecule has 1 saturated heterocycles. The average Bonchev–Trinajstić information content (AvgIpc) is 2.31. The van der Waals surface area contributed by atoms with E-state index in [2.05, 4.69) is 32.7 Å². The van der Waals surface area contributed by atoms with Crippen molar-refractivity contribution in [2.24, 2.45) is 11.7 Å². The number of nitrogens with zero attached hydrogens (tertiary/aromatic N) is 2. The zero-order valence-electron chi connectivity index (χ0n) is 9.56. The van der Waals surface area contributed by atoms with Gasteiger partial charge in [0, 0.05) is 25.3 Å². The van der Waals surface area contributed by atoms with Crippen molar-refractivity contribution in [1.29, 1.82) is 0 Å². The summed E-state index contributed by atoms with van der Waals surface area (Å²) in [6.07, 6.45) is 4.04. The monoisotopic (exact) mass is 283 g/mol. The first kappa shape index (κ1) is 11.9.